The summed E-state index contributed by atoms with van der Waals surface area (Å²) in [5, 5.41) is 0. The molecule has 2 aromatic rings. The van der Waals surface area contributed by atoms with Crippen molar-refractivity contribution in [2.45, 2.75) is 19.3 Å². The predicted octanol–water partition coefficient (Wildman–Crippen LogP) is 1.59. The number of halogens is 1. The summed E-state index contributed by atoms with van der Waals surface area (Å²) < 4.78 is 14.4. The minimum Gasteiger partial charge on any atom is -0.365 e. The maximum Gasteiger partial charge on any atom is 0.268 e. The van der Waals surface area contributed by atoms with Gasteiger partial charge in [-0.15, -0.1) is 0 Å². The molecule has 0 aliphatic heterocycles. The summed E-state index contributed by atoms with van der Waals surface area (Å²) in [6.45, 7) is 0. The van der Waals surface area contributed by atoms with Crippen molar-refractivity contribution >= 4 is 11.7 Å². The second-order valence-electron chi connectivity index (χ2n) is 5.18. The number of hydrogen-bond acceptors (Lipinski definition) is 3. The lowest BCUT2D eigenvalue weighted by atomic mass is 9.93. The van der Waals surface area contributed by atoms with E-state index in [0.29, 0.717) is 36.2 Å². The van der Waals surface area contributed by atoms with Gasteiger partial charge in [0.15, 0.2) is 5.78 Å². The Morgan fingerprint density at radius 2 is 1.82 bits per heavy atom. The highest BCUT2D eigenvalue weighted by molar-refractivity contribution is 6.01. The zero-order valence-electron chi connectivity index (χ0n) is 11.6. The van der Waals surface area contributed by atoms with E-state index in [1.54, 1.807) is 0 Å². The molecule has 0 radical (unpaired) electrons. The van der Waals surface area contributed by atoms with E-state index >= 15 is 0 Å². The zero-order chi connectivity index (χ0) is 15.9. The summed E-state index contributed by atoms with van der Waals surface area (Å²) in [6.07, 6.45) is 1.53. The first-order valence-electron chi connectivity index (χ1n) is 6.87. The third kappa shape index (κ3) is 2.22. The highest BCUT2D eigenvalue weighted by Crippen LogP contribution is 2.23. The monoisotopic (exact) mass is 300 g/mol. The van der Waals surface area contributed by atoms with Gasteiger partial charge in [0.25, 0.3) is 11.5 Å². The standard InChI is InChI=1S/C16H13FN2O3/c17-9-4-6-10(7-5-9)19-13-2-1-3-14(20)11(13)8-12(15(18)21)16(19)22/h4-8H,1-3H2,(H2,18,21). The van der Waals surface area contributed by atoms with E-state index in [1.807, 2.05) is 0 Å². The number of Topliss-reactive ketones (excluding diaryl/α,β-unsaturated/α-hetero) is 1. The average molecular weight is 300 g/mol. The van der Waals surface area contributed by atoms with Gasteiger partial charge in [0.2, 0.25) is 0 Å². The maximum atomic E-state index is 13.1. The van der Waals surface area contributed by atoms with E-state index in [2.05, 4.69) is 0 Å². The molecule has 6 heteroatoms. The quantitative estimate of drug-likeness (QED) is 0.914. The zero-order valence-corrected chi connectivity index (χ0v) is 11.6. The van der Waals surface area contributed by atoms with Gasteiger partial charge in [-0.1, -0.05) is 0 Å². The SMILES string of the molecule is NC(=O)c1cc2c(n(-c3ccc(F)cc3)c1=O)CCCC2=O. The molecule has 0 saturated carbocycles. The number of amides is 1. The van der Waals surface area contributed by atoms with Crippen LogP contribution >= 0.6 is 0 Å². The van der Waals surface area contributed by atoms with Crippen LogP contribution in [0.2, 0.25) is 0 Å². The molecule has 3 rings (SSSR count). The second-order valence-corrected chi connectivity index (χ2v) is 5.18. The molecule has 1 heterocycles. The topological polar surface area (TPSA) is 82.2 Å². The molecule has 0 atom stereocenters. The fraction of sp³-hybridized carbons (Fsp3) is 0.188. The summed E-state index contributed by atoms with van der Waals surface area (Å²) in [4.78, 5) is 36.1. The smallest absolute Gasteiger partial charge is 0.268 e. The fourth-order valence-corrected chi connectivity index (χ4v) is 2.73. The lowest BCUT2D eigenvalue weighted by molar-refractivity contribution is 0.0971. The van der Waals surface area contributed by atoms with Gasteiger partial charge >= 0.3 is 0 Å². The number of carbonyl (C=O) groups is 2. The molecule has 1 aromatic carbocycles. The number of nitrogens with two attached hydrogens (primary N) is 1. The fourth-order valence-electron chi connectivity index (χ4n) is 2.73. The van der Waals surface area contributed by atoms with Crippen LogP contribution in [-0.2, 0) is 6.42 Å². The lowest BCUT2D eigenvalue weighted by Crippen LogP contribution is -2.33. The molecule has 2 N–H and O–H groups in total. The molecule has 0 bridgehead atoms. The number of pyridine rings is 1. The minimum absolute atomic E-state index is 0.125. The number of aromatic nitrogens is 1. The lowest BCUT2D eigenvalue weighted by Gasteiger charge is -2.21. The molecular weight excluding hydrogens is 287 g/mol. The summed E-state index contributed by atoms with van der Waals surface area (Å²) in [5.41, 5.74) is 5.69. The van der Waals surface area contributed by atoms with Crippen molar-refractivity contribution in [1.29, 1.82) is 0 Å². The molecule has 22 heavy (non-hydrogen) atoms. The van der Waals surface area contributed by atoms with Crippen molar-refractivity contribution in [2.75, 3.05) is 0 Å². The van der Waals surface area contributed by atoms with Crippen molar-refractivity contribution in [1.82, 2.24) is 4.57 Å². The van der Waals surface area contributed by atoms with Gasteiger partial charge in [0.05, 0.1) is 0 Å². The first-order chi connectivity index (χ1) is 10.5. The highest BCUT2D eigenvalue weighted by Gasteiger charge is 2.25. The Kier molecular flexibility index (Phi) is 3.36. The van der Waals surface area contributed by atoms with E-state index in [0.717, 1.165) is 0 Å². The van der Waals surface area contributed by atoms with Gasteiger partial charge < -0.3 is 5.73 Å². The largest absolute Gasteiger partial charge is 0.365 e. The van der Waals surface area contributed by atoms with E-state index in [4.69, 9.17) is 5.73 Å². The molecule has 0 saturated heterocycles. The van der Waals surface area contributed by atoms with Crippen molar-refractivity contribution in [3.05, 3.63) is 63.3 Å². The van der Waals surface area contributed by atoms with E-state index in [-0.39, 0.29) is 11.3 Å². The Morgan fingerprint density at radius 3 is 2.45 bits per heavy atom. The van der Waals surface area contributed by atoms with Crippen LogP contribution in [0.3, 0.4) is 0 Å². The van der Waals surface area contributed by atoms with Crippen molar-refractivity contribution in [3.63, 3.8) is 0 Å². The Hall–Kier alpha value is -2.76. The van der Waals surface area contributed by atoms with Gasteiger partial charge in [0.1, 0.15) is 11.4 Å². The first-order valence-corrected chi connectivity index (χ1v) is 6.87. The van der Waals surface area contributed by atoms with Crippen LogP contribution in [0.5, 0.6) is 0 Å². The number of primary amides is 1. The van der Waals surface area contributed by atoms with Crippen molar-refractivity contribution in [3.8, 4) is 5.69 Å². The molecule has 1 aliphatic rings. The number of fused-ring (bicyclic) bond motifs is 1. The van der Waals surface area contributed by atoms with Gasteiger partial charge in [-0.05, 0) is 43.2 Å². The van der Waals surface area contributed by atoms with Crippen LogP contribution in [0.4, 0.5) is 4.39 Å². The Bertz CT molecular complexity index is 838. The van der Waals surface area contributed by atoms with Crippen molar-refractivity contribution < 1.29 is 14.0 Å². The van der Waals surface area contributed by atoms with Crippen LogP contribution in [0.25, 0.3) is 5.69 Å². The third-order valence-corrected chi connectivity index (χ3v) is 3.77. The molecule has 1 amide bonds. The third-order valence-electron chi connectivity index (χ3n) is 3.77. The predicted molar refractivity (Wildman–Crippen MR) is 77.8 cm³/mol. The number of hydrogen-bond donors (Lipinski definition) is 1. The van der Waals surface area contributed by atoms with Crippen LogP contribution in [0.1, 0.15) is 39.3 Å². The molecule has 1 aliphatic carbocycles. The number of benzene rings is 1. The normalized spacial score (nSPS) is 13.8. The number of nitrogens with zero attached hydrogens (tertiary/aromatic N) is 1. The van der Waals surface area contributed by atoms with E-state index < -0.39 is 17.3 Å². The van der Waals surface area contributed by atoms with Crippen LogP contribution < -0.4 is 11.3 Å². The molecule has 0 unspecified atom stereocenters. The second kappa shape index (κ2) is 5.22. The summed E-state index contributed by atoms with van der Waals surface area (Å²) in [6, 6.07) is 6.58. The van der Waals surface area contributed by atoms with E-state index in [9.17, 15) is 18.8 Å². The Morgan fingerprint density at radius 1 is 1.14 bits per heavy atom. The summed E-state index contributed by atoms with van der Waals surface area (Å²) in [5.74, 6) is -1.45. The molecule has 0 fully saturated rings. The molecule has 1 aromatic heterocycles. The van der Waals surface area contributed by atoms with Crippen LogP contribution in [-0.4, -0.2) is 16.3 Å². The van der Waals surface area contributed by atoms with E-state index in [1.165, 1.54) is 34.9 Å². The first kappa shape index (κ1) is 14.2. The summed E-state index contributed by atoms with van der Waals surface area (Å²) in [7, 11) is 0. The molecule has 112 valence electrons. The van der Waals surface area contributed by atoms with Crippen LogP contribution in [0, 0.1) is 5.82 Å². The number of rotatable bonds is 2. The molecule has 5 nitrogen and oxygen atoms in total. The van der Waals surface area contributed by atoms with Gasteiger partial charge in [-0.25, -0.2) is 4.39 Å². The summed E-state index contributed by atoms with van der Waals surface area (Å²) >= 11 is 0. The van der Waals surface area contributed by atoms with Crippen molar-refractivity contribution in [2.24, 2.45) is 5.73 Å². The Labute approximate surface area is 125 Å². The average Bonchev–Trinajstić information content (AvgIpc) is 2.48. The van der Waals surface area contributed by atoms with Crippen LogP contribution in [0.15, 0.2) is 35.1 Å². The number of carbonyl (C=O) groups excluding carboxylic acids is 2. The number of ketones is 1. The maximum absolute atomic E-state index is 13.1. The molecule has 0 spiro atoms. The van der Waals surface area contributed by atoms with Gasteiger partial charge in [-0.2, -0.15) is 0 Å². The van der Waals surface area contributed by atoms with Gasteiger partial charge in [0, 0.05) is 23.4 Å². The minimum atomic E-state index is -0.887. The highest BCUT2D eigenvalue weighted by atomic mass is 19.1. The molecular formula is C16H13FN2O3. The Balaban J connectivity index is 2.36. The van der Waals surface area contributed by atoms with Gasteiger partial charge in [-0.3, -0.25) is 19.0 Å².